The summed E-state index contributed by atoms with van der Waals surface area (Å²) in [6.07, 6.45) is 0. The number of H-pyrrole nitrogens is 1. The lowest BCUT2D eigenvalue weighted by Crippen LogP contribution is -2.32. The Kier molecular flexibility index (Phi) is 1.18. The van der Waals surface area contributed by atoms with Gasteiger partial charge in [-0.1, -0.05) is 0 Å². The summed E-state index contributed by atoms with van der Waals surface area (Å²) in [5, 5.41) is 3.44. The molecule has 12 heavy (non-hydrogen) atoms. The smallest absolute Gasteiger partial charge is 0.302 e. The van der Waals surface area contributed by atoms with Crippen molar-refractivity contribution in [1.29, 1.82) is 0 Å². The van der Waals surface area contributed by atoms with Crippen molar-refractivity contribution in [1.82, 2.24) is 15.3 Å². The average molecular weight is 164 g/mol. The zero-order chi connectivity index (χ0) is 8.72. The van der Waals surface area contributed by atoms with Crippen LogP contribution in [0.25, 0.3) is 0 Å². The first-order valence-corrected chi connectivity index (χ1v) is 3.33. The number of amides is 1. The van der Waals surface area contributed by atoms with E-state index >= 15 is 0 Å². The highest BCUT2D eigenvalue weighted by Crippen LogP contribution is 2.18. The number of fused-ring (bicyclic) bond motifs is 1. The maximum absolute atomic E-state index is 11.1. The van der Waals surface area contributed by atoms with Crippen molar-refractivity contribution in [3.63, 3.8) is 0 Å². The molecule has 0 unspecified atom stereocenters. The summed E-state index contributed by atoms with van der Waals surface area (Å²) >= 11 is 0. The van der Waals surface area contributed by atoms with E-state index in [0.717, 1.165) is 0 Å². The molecular weight excluding hydrogens is 158 g/mol. The SMILES string of the molecule is Cc1nc2c([nH]1)N=C(N)[N]C2=O. The number of nitrogens with one attached hydrogen (secondary N) is 1. The van der Waals surface area contributed by atoms with Gasteiger partial charge in [0.15, 0.2) is 11.5 Å². The van der Waals surface area contributed by atoms with E-state index in [1.54, 1.807) is 6.92 Å². The van der Waals surface area contributed by atoms with E-state index < -0.39 is 5.91 Å². The predicted octanol–water partition coefficient (Wildman–Crippen LogP) is -0.577. The zero-order valence-electron chi connectivity index (χ0n) is 6.33. The Morgan fingerprint density at radius 2 is 2.25 bits per heavy atom. The minimum Gasteiger partial charge on any atom is -0.368 e. The number of carbonyl (C=O) groups excluding carboxylic acids is 1. The molecule has 6 nitrogen and oxygen atoms in total. The van der Waals surface area contributed by atoms with Crippen molar-refractivity contribution in [3.05, 3.63) is 11.5 Å². The number of aryl methyl sites for hydroxylation is 1. The van der Waals surface area contributed by atoms with Crippen LogP contribution in [0.5, 0.6) is 0 Å². The monoisotopic (exact) mass is 164 g/mol. The molecule has 0 atom stereocenters. The molecule has 0 saturated carbocycles. The predicted molar refractivity (Wildman–Crippen MR) is 41.1 cm³/mol. The van der Waals surface area contributed by atoms with Crippen molar-refractivity contribution in [2.75, 3.05) is 0 Å². The van der Waals surface area contributed by atoms with E-state index in [0.29, 0.717) is 11.6 Å². The molecule has 6 heteroatoms. The quantitative estimate of drug-likeness (QED) is 0.536. The van der Waals surface area contributed by atoms with E-state index in [-0.39, 0.29) is 11.7 Å². The van der Waals surface area contributed by atoms with Gasteiger partial charge in [0.2, 0.25) is 5.96 Å². The summed E-state index contributed by atoms with van der Waals surface area (Å²) in [7, 11) is 0. The first-order valence-electron chi connectivity index (χ1n) is 3.33. The highest BCUT2D eigenvalue weighted by Gasteiger charge is 2.23. The molecular formula is C6H6N5O. The van der Waals surface area contributed by atoms with Crippen molar-refractivity contribution < 1.29 is 4.79 Å². The topological polar surface area (TPSA) is 98.2 Å². The number of hydrogen-bond donors (Lipinski definition) is 2. The Labute approximate surface area is 67.9 Å². The summed E-state index contributed by atoms with van der Waals surface area (Å²) in [5.41, 5.74) is 5.50. The molecule has 0 aliphatic carbocycles. The van der Waals surface area contributed by atoms with Crippen LogP contribution in [0.2, 0.25) is 0 Å². The number of hydrogen-bond acceptors (Lipinski definition) is 4. The number of aliphatic imine (C=N–C) groups is 1. The number of aromatic nitrogens is 2. The fourth-order valence-electron chi connectivity index (χ4n) is 1.01. The average Bonchev–Trinajstić information content (AvgIpc) is 2.29. The molecule has 3 N–H and O–H groups in total. The van der Waals surface area contributed by atoms with Crippen LogP contribution in [0.15, 0.2) is 4.99 Å². The Morgan fingerprint density at radius 1 is 1.50 bits per heavy atom. The number of aromatic amines is 1. The van der Waals surface area contributed by atoms with Gasteiger partial charge in [-0.2, -0.15) is 10.3 Å². The van der Waals surface area contributed by atoms with E-state index in [9.17, 15) is 4.79 Å². The van der Waals surface area contributed by atoms with Gasteiger partial charge >= 0.3 is 5.91 Å². The molecule has 0 bridgehead atoms. The van der Waals surface area contributed by atoms with Crippen molar-refractivity contribution >= 4 is 17.7 Å². The molecule has 1 amide bonds. The van der Waals surface area contributed by atoms with Gasteiger partial charge < -0.3 is 10.7 Å². The third kappa shape index (κ3) is 0.849. The molecule has 1 aromatic rings. The molecule has 61 valence electrons. The van der Waals surface area contributed by atoms with Crippen LogP contribution < -0.4 is 11.1 Å². The van der Waals surface area contributed by atoms with Gasteiger partial charge in [-0.25, -0.2) is 4.98 Å². The number of imidazole rings is 1. The summed E-state index contributed by atoms with van der Waals surface area (Å²) in [6, 6.07) is 0. The van der Waals surface area contributed by atoms with Gasteiger partial charge in [0.1, 0.15) is 5.82 Å². The van der Waals surface area contributed by atoms with Crippen LogP contribution in [0.3, 0.4) is 0 Å². The second kappa shape index (κ2) is 2.07. The van der Waals surface area contributed by atoms with E-state index in [1.165, 1.54) is 0 Å². The maximum Gasteiger partial charge on any atom is 0.302 e. The first kappa shape index (κ1) is 6.84. The molecule has 0 fully saturated rings. The van der Waals surface area contributed by atoms with Gasteiger partial charge in [0.05, 0.1) is 0 Å². The summed E-state index contributed by atoms with van der Waals surface area (Å²) in [4.78, 5) is 21.6. The van der Waals surface area contributed by atoms with Gasteiger partial charge in [-0.15, -0.1) is 0 Å². The number of nitrogens with two attached hydrogens (primary N) is 1. The molecule has 0 aromatic carbocycles. The van der Waals surface area contributed by atoms with Crippen LogP contribution in [0.1, 0.15) is 16.3 Å². The van der Waals surface area contributed by atoms with Crippen LogP contribution in [0.4, 0.5) is 5.82 Å². The maximum atomic E-state index is 11.1. The third-order valence-corrected chi connectivity index (χ3v) is 1.45. The van der Waals surface area contributed by atoms with Gasteiger partial charge in [-0.3, -0.25) is 4.79 Å². The Morgan fingerprint density at radius 3 is 3.00 bits per heavy atom. The van der Waals surface area contributed by atoms with Gasteiger partial charge in [0.25, 0.3) is 0 Å². The van der Waals surface area contributed by atoms with Crippen molar-refractivity contribution in [3.8, 4) is 0 Å². The second-order valence-electron chi connectivity index (χ2n) is 2.41. The lowest BCUT2D eigenvalue weighted by Gasteiger charge is -2.03. The zero-order valence-corrected chi connectivity index (χ0v) is 6.33. The number of nitrogens with zero attached hydrogens (tertiary/aromatic N) is 3. The lowest BCUT2D eigenvalue weighted by atomic mass is 10.4. The number of guanidine groups is 1. The van der Waals surface area contributed by atoms with Crippen LogP contribution in [-0.2, 0) is 0 Å². The third-order valence-electron chi connectivity index (χ3n) is 1.45. The minimum atomic E-state index is -0.443. The highest BCUT2D eigenvalue weighted by molar-refractivity contribution is 6.09. The molecule has 1 radical (unpaired) electrons. The number of carbonyl (C=O) groups is 1. The Bertz CT molecular complexity index is 377. The van der Waals surface area contributed by atoms with Crippen LogP contribution >= 0.6 is 0 Å². The fraction of sp³-hybridized carbons (Fsp3) is 0.167. The normalized spacial score (nSPS) is 15.1. The molecule has 2 rings (SSSR count). The second-order valence-corrected chi connectivity index (χ2v) is 2.41. The van der Waals surface area contributed by atoms with Gasteiger partial charge in [-0.05, 0) is 6.92 Å². The number of rotatable bonds is 0. The highest BCUT2D eigenvalue weighted by atomic mass is 16.2. The van der Waals surface area contributed by atoms with E-state index in [4.69, 9.17) is 5.73 Å². The molecule has 0 saturated heterocycles. The molecule has 1 aliphatic heterocycles. The lowest BCUT2D eigenvalue weighted by molar-refractivity contribution is 0.0967. The Balaban J connectivity index is 2.61. The molecule has 1 aliphatic rings. The Hall–Kier alpha value is -1.85. The van der Waals surface area contributed by atoms with Crippen LogP contribution in [-0.4, -0.2) is 21.8 Å². The van der Waals surface area contributed by atoms with E-state index in [2.05, 4.69) is 20.3 Å². The van der Waals surface area contributed by atoms with Crippen molar-refractivity contribution in [2.45, 2.75) is 6.92 Å². The first-order chi connectivity index (χ1) is 5.66. The molecule has 1 aromatic heterocycles. The van der Waals surface area contributed by atoms with Gasteiger partial charge in [0, 0.05) is 0 Å². The standard InChI is InChI=1S/C6H6N5O/c1-2-8-3-4(9-2)10-6(7)11-5(3)12/h1H3,(H2,7,10)(H,8,9). The largest absolute Gasteiger partial charge is 0.368 e. The molecule has 2 heterocycles. The minimum absolute atomic E-state index is 0.0313. The van der Waals surface area contributed by atoms with Crippen LogP contribution in [0, 0.1) is 6.92 Å². The summed E-state index contributed by atoms with van der Waals surface area (Å²) < 4.78 is 0. The summed E-state index contributed by atoms with van der Waals surface area (Å²) in [6.45, 7) is 1.73. The fourth-order valence-corrected chi connectivity index (χ4v) is 1.01. The van der Waals surface area contributed by atoms with E-state index in [1.807, 2.05) is 0 Å². The summed E-state index contributed by atoms with van der Waals surface area (Å²) in [5.74, 6) is 0.546. The molecule has 0 spiro atoms. The van der Waals surface area contributed by atoms with Crippen molar-refractivity contribution in [2.24, 2.45) is 10.7 Å².